The van der Waals surface area contributed by atoms with Crippen LogP contribution in [0.2, 0.25) is 0 Å². The van der Waals surface area contributed by atoms with Crippen LogP contribution in [0.25, 0.3) is 0 Å². The van der Waals surface area contributed by atoms with Crippen LogP contribution in [0.4, 0.5) is 13.2 Å². The molecule has 2 rings (SSSR count). The molecule has 1 amide bonds. The van der Waals surface area contributed by atoms with E-state index in [1.807, 2.05) is 0 Å². The monoisotopic (exact) mass is 267 g/mol. The molecule has 2 aromatic rings. The number of nitrogens with one attached hydrogen (secondary N) is 1. The Hall–Kier alpha value is -2.44. The molecule has 0 atom stereocenters. The molecular formula is C12H8F3N3O. The Labute approximate surface area is 106 Å². The maximum absolute atomic E-state index is 12.9. The zero-order chi connectivity index (χ0) is 13.8. The summed E-state index contributed by atoms with van der Waals surface area (Å²) in [5.74, 6) is -5.16. The summed E-state index contributed by atoms with van der Waals surface area (Å²) >= 11 is 0. The van der Waals surface area contributed by atoms with Crippen LogP contribution in [0.5, 0.6) is 0 Å². The Kier molecular flexibility index (Phi) is 3.74. The van der Waals surface area contributed by atoms with Crippen LogP contribution < -0.4 is 5.32 Å². The first kappa shape index (κ1) is 13.0. The van der Waals surface area contributed by atoms with Crippen molar-refractivity contribution in [3.05, 3.63) is 59.2 Å². The van der Waals surface area contributed by atoms with Crippen LogP contribution in [0.15, 0.2) is 30.5 Å². The summed E-state index contributed by atoms with van der Waals surface area (Å²) in [4.78, 5) is 11.6. The Bertz CT molecular complexity index is 581. The van der Waals surface area contributed by atoms with E-state index in [-0.39, 0.29) is 12.1 Å². The molecule has 1 aromatic heterocycles. The topological polar surface area (TPSA) is 54.9 Å². The summed E-state index contributed by atoms with van der Waals surface area (Å²) in [6, 6.07) is 4.51. The first-order valence-corrected chi connectivity index (χ1v) is 5.27. The lowest BCUT2D eigenvalue weighted by atomic mass is 10.2. The van der Waals surface area contributed by atoms with Gasteiger partial charge in [0.1, 0.15) is 0 Å². The smallest absolute Gasteiger partial charge is 0.251 e. The number of hydrogen-bond acceptors (Lipinski definition) is 3. The van der Waals surface area contributed by atoms with Crippen LogP contribution in [0, 0.1) is 17.5 Å². The summed E-state index contributed by atoms with van der Waals surface area (Å²) in [5.41, 5.74) is 0.180. The van der Waals surface area contributed by atoms with Crippen molar-refractivity contribution in [2.75, 3.05) is 0 Å². The van der Waals surface area contributed by atoms with Gasteiger partial charge in [-0.2, -0.15) is 10.2 Å². The van der Waals surface area contributed by atoms with Crippen LogP contribution in [0.3, 0.4) is 0 Å². The molecule has 7 heteroatoms. The SMILES string of the molecule is O=C(NCc1cccnn1)c1cc(F)c(F)c(F)c1. The molecule has 1 N–H and O–H groups in total. The average molecular weight is 267 g/mol. The second-order valence-corrected chi connectivity index (χ2v) is 3.65. The number of aromatic nitrogens is 2. The molecule has 0 aliphatic heterocycles. The van der Waals surface area contributed by atoms with Gasteiger partial charge in [0, 0.05) is 11.8 Å². The molecule has 0 saturated heterocycles. The predicted molar refractivity (Wildman–Crippen MR) is 59.5 cm³/mol. The largest absolute Gasteiger partial charge is 0.346 e. The van der Waals surface area contributed by atoms with Gasteiger partial charge in [-0.25, -0.2) is 13.2 Å². The fourth-order valence-corrected chi connectivity index (χ4v) is 1.39. The highest BCUT2D eigenvalue weighted by Crippen LogP contribution is 2.13. The third-order valence-electron chi connectivity index (χ3n) is 2.30. The van der Waals surface area contributed by atoms with E-state index in [2.05, 4.69) is 15.5 Å². The van der Waals surface area contributed by atoms with Gasteiger partial charge in [0.05, 0.1) is 12.2 Å². The van der Waals surface area contributed by atoms with E-state index in [9.17, 15) is 18.0 Å². The van der Waals surface area contributed by atoms with E-state index in [1.165, 1.54) is 6.20 Å². The van der Waals surface area contributed by atoms with E-state index >= 15 is 0 Å². The Balaban J connectivity index is 2.08. The molecule has 0 saturated carbocycles. The third kappa shape index (κ3) is 3.06. The van der Waals surface area contributed by atoms with Gasteiger partial charge in [-0.3, -0.25) is 4.79 Å². The van der Waals surface area contributed by atoms with Crippen molar-refractivity contribution >= 4 is 5.91 Å². The van der Waals surface area contributed by atoms with Gasteiger partial charge >= 0.3 is 0 Å². The number of carbonyl (C=O) groups is 1. The van der Waals surface area contributed by atoms with E-state index in [1.54, 1.807) is 12.1 Å². The van der Waals surface area contributed by atoms with Crippen LogP contribution >= 0.6 is 0 Å². The molecule has 4 nitrogen and oxygen atoms in total. The summed E-state index contributed by atoms with van der Waals surface area (Å²) < 4.78 is 38.6. The standard InChI is InChI=1S/C12H8F3N3O/c13-9-4-7(5-10(14)11(9)15)12(19)16-6-8-2-1-3-17-18-8/h1-5H,6H2,(H,16,19). The van der Waals surface area contributed by atoms with E-state index in [4.69, 9.17) is 0 Å². The summed E-state index contributed by atoms with van der Waals surface area (Å²) in [7, 11) is 0. The fraction of sp³-hybridized carbons (Fsp3) is 0.0833. The minimum atomic E-state index is -1.61. The zero-order valence-corrected chi connectivity index (χ0v) is 9.53. The number of amides is 1. The Morgan fingerprint density at radius 2 is 1.89 bits per heavy atom. The lowest BCUT2D eigenvalue weighted by Crippen LogP contribution is -2.24. The van der Waals surface area contributed by atoms with Crippen LogP contribution in [-0.4, -0.2) is 16.1 Å². The summed E-state index contributed by atoms with van der Waals surface area (Å²) in [6.45, 7) is 0.0489. The van der Waals surface area contributed by atoms with Gasteiger partial charge in [-0.05, 0) is 24.3 Å². The number of nitrogens with zero attached hydrogens (tertiary/aromatic N) is 2. The van der Waals surface area contributed by atoms with Crippen molar-refractivity contribution in [3.63, 3.8) is 0 Å². The highest BCUT2D eigenvalue weighted by molar-refractivity contribution is 5.94. The van der Waals surface area contributed by atoms with Gasteiger partial charge < -0.3 is 5.32 Å². The predicted octanol–water partition coefficient (Wildman–Crippen LogP) is 1.82. The lowest BCUT2D eigenvalue weighted by molar-refractivity contribution is 0.0949. The molecule has 0 aliphatic rings. The highest BCUT2D eigenvalue weighted by atomic mass is 19.2. The van der Waals surface area contributed by atoms with Crippen LogP contribution in [-0.2, 0) is 6.54 Å². The van der Waals surface area contributed by atoms with Crippen molar-refractivity contribution in [2.24, 2.45) is 0 Å². The highest BCUT2D eigenvalue weighted by Gasteiger charge is 2.14. The van der Waals surface area contributed by atoms with Crippen molar-refractivity contribution in [1.29, 1.82) is 0 Å². The van der Waals surface area contributed by atoms with Crippen molar-refractivity contribution in [1.82, 2.24) is 15.5 Å². The maximum Gasteiger partial charge on any atom is 0.251 e. The number of hydrogen-bond donors (Lipinski definition) is 1. The zero-order valence-electron chi connectivity index (χ0n) is 9.53. The molecule has 0 fully saturated rings. The van der Waals surface area contributed by atoms with Gasteiger partial charge in [0.2, 0.25) is 0 Å². The first-order valence-electron chi connectivity index (χ1n) is 5.27. The number of benzene rings is 1. The molecule has 0 radical (unpaired) electrons. The van der Waals surface area contributed by atoms with Gasteiger partial charge in [-0.15, -0.1) is 0 Å². The van der Waals surface area contributed by atoms with Crippen molar-refractivity contribution in [2.45, 2.75) is 6.54 Å². The molecule has 98 valence electrons. The molecule has 1 aromatic carbocycles. The first-order chi connectivity index (χ1) is 9.08. The fourth-order valence-electron chi connectivity index (χ4n) is 1.39. The lowest BCUT2D eigenvalue weighted by Gasteiger charge is -2.05. The van der Waals surface area contributed by atoms with Crippen LogP contribution in [0.1, 0.15) is 16.1 Å². The quantitative estimate of drug-likeness (QED) is 0.863. The second-order valence-electron chi connectivity index (χ2n) is 3.65. The molecule has 0 spiro atoms. The summed E-state index contributed by atoms with van der Waals surface area (Å²) in [5, 5.41) is 9.72. The molecule has 1 heterocycles. The molecule has 0 aliphatic carbocycles. The van der Waals surface area contributed by atoms with Crippen molar-refractivity contribution < 1.29 is 18.0 Å². The van der Waals surface area contributed by atoms with Gasteiger partial charge in [0.15, 0.2) is 17.5 Å². The number of carbonyl (C=O) groups excluding carboxylic acids is 1. The second kappa shape index (κ2) is 5.47. The number of rotatable bonds is 3. The van der Waals surface area contributed by atoms with Gasteiger partial charge in [-0.1, -0.05) is 0 Å². The minimum absolute atomic E-state index is 0.0489. The normalized spacial score (nSPS) is 10.3. The average Bonchev–Trinajstić information content (AvgIpc) is 2.42. The van der Waals surface area contributed by atoms with Gasteiger partial charge in [0.25, 0.3) is 5.91 Å². The molecule has 0 bridgehead atoms. The number of halogens is 3. The van der Waals surface area contributed by atoms with E-state index in [0.717, 1.165) is 0 Å². The molecular weight excluding hydrogens is 259 g/mol. The molecule has 0 unspecified atom stereocenters. The Morgan fingerprint density at radius 1 is 1.21 bits per heavy atom. The van der Waals surface area contributed by atoms with E-state index < -0.39 is 23.4 Å². The minimum Gasteiger partial charge on any atom is -0.346 e. The molecule has 19 heavy (non-hydrogen) atoms. The van der Waals surface area contributed by atoms with E-state index in [0.29, 0.717) is 17.8 Å². The summed E-state index contributed by atoms with van der Waals surface area (Å²) in [6.07, 6.45) is 1.47. The Morgan fingerprint density at radius 3 is 2.47 bits per heavy atom. The third-order valence-corrected chi connectivity index (χ3v) is 2.30. The maximum atomic E-state index is 12.9. The van der Waals surface area contributed by atoms with Crippen molar-refractivity contribution in [3.8, 4) is 0 Å².